The van der Waals surface area contributed by atoms with Crippen LogP contribution in [-0.2, 0) is 22.6 Å². The second-order valence-electron chi connectivity index (χ2n) is 8.87. The van der Waals surface area contributed by atoms with E-state index in [9.17, 15) is 18.4 Å². The number of nitrogens with one attached hydrogen (secondary N) is 1. The summed E-state index contributed by atoms with van der Waals surface area (Å²) < 4.78 is 33.3. The van der Waals surface area contributed by atoms with Crippen molar-refractivity contribution in [3.05, 3.63) is 101 Å². The van der Waals surface area contributed by atoms with E-state index in [0.717, 1.165) is 16.7 Å². The first kappa shape index (κ1) is 25.4. The molecule has 0 radical (unpaired) electrons. The monoisotopic (exact) mass is 492 g/mol. The van der Waals surface area contributed by atoms with Crippen molar-refractivity contribution in [3.8, 4) is 5.75 Å². The number of halogens is 2. The van der Waals surface area contributed by atoms with Gasteiger partial charge in [-0.15, -0.1) is 0 Å². The minimum Gasteiger partial charge on any atom is -0.481 e. The Morgan fingerprint density at radius 3 is 2.50 bits per heavy atom. The predicted octanol–water partition coefficient (Wildman–Crippen LogP) is 5.32. The second-order valence-corrected chi connectivity index (χ2v) is 8.87. The van der Waals surface area contributed by atoms with Crippen LogP contribution in [0.25, 0.3) is 0 Å². The Kier molecular flexibility index (Phi) is 7.98. The second kappa shape index (κ2) is 11.3. The van der Waals surface area contributed by atoms with Gasteiger partial charge in [-0.05, 0) is 71.5 Å². The molecule has 2 amide bonds. The van der Waals surface area contributed by atoms with Crippen molar-refractivity contribution in [1.29, 1.82) is 0 Å². The quantitative estimate of drug-likeness (QED) is 0.463. The third kappa shape index (κ3) is 5.73. The Labute approximate surface area is 210 Å². The van der Waals surface area contributed by atoms with Gasteiger partial charge in [0.1, 0.15) is 17.4 Å². The normalized spacial score (nSPS) is 15.7. The van der Waals surface area contributed by atoms with Gasteiger partial charge in [0.05, 0.1) is 6.04 Å². The van der Waals surface area contributed by atoms with Crippen molar-refractivity contribution in [1.82, 2.24) is 10.2 Å². The van der Waals surface area contributed by atoms with E-state index in [1.165, 1.54) is 24.3 Å². The Morgan fingerprint density at radius 2 is 1.81 bits per heavy atom. The molecule has 1 aliphatic heterocycles. The highest BCUT2D eigenvalue weighted by Gasteiger charge is 2.32. The van der Waals surface area contributed by atoms with E-state index in [1.807, 2.05) is 38.1 Å². The number of carbonyl (C=O) groups is 2. The van der Waals surface area contributed by atoms with Gasteiger partial charge in [0, 0.05) is 19.5 Å². The van der Waals surface area contributed by atoms with Gasteiger partial charge in [0.2, 0.25) is 5.91 Å². The number of hydrogen-bond acceptors (Lipinski definition) is 3. The Bertz CT molecular complexity index is 1230. The molecule has 36 heavy (non-hydrogen) atoms. The molecule has 7 heteroatoms. The Hall–Kier alpha value is -3.74. The van der Waals surface area contributed by atoms with Gasteiger partial charge in [0.25, 0.3) is 5.91 Å². The van der Waals surface area contributed by atoms with E-state index in [-0.39, 0.29) is 30.0 Å². The third-order valence-corrected chi connectivity index (χ3v) is 6.45. The van der Waals surface area contributed by atoms with E-state index in [2.05, 4.69) is 5.32 Å². The summed E-state index contributed by atoms with van der Waals surface area (Å²) in [5.41, 5.74) is 3.41. The summed E-state index contributed by atoms with van der Waals surface area (Å²) in [6, 6.07) is 17.5. The van der Waals surface area contributed by atoms with Crippen LogP contribution in [0.2, 0.25) is 0 Å². The molecule has 0 saturated heterocycles. The number of nitrogens with zero attached hydrogens (tertiary/aromatic N) is 1. The number of benzene rings is 3. The summed E-state index contributed by atoms with van der Waals surface area (Å²) in [6.07, 6.45) is 0.750. The van der Waals surface area contributed by atoms with Crippen LogP contribution in [0.5, 0.6) is 5.75 Å². The smallest absolute Gasteiger partial charge is 0.261 e. The Morgan fingerprint density at radius 1 is 1.03 bits per heavy atom. The lowest BCUT2D eigenvalue weighted by molar-refractivity contribution is -0.133. The molecule has 1 heterocycles. The largest absolute Gasteiger partial charge is 0.481 e. The summed E-state index contributed by atoms with van der Waals surface area (Å²) in [6.45, 7) is 4.48. The fourth-order valence-electron chi connectivity index (χ4n) is 4.57. The molecule has 0 aliphatic carbocycles. The highest BCUT2D eigenvalue weighted by atomic mass is 19.1. The Balaban J connectivity index is 1.57. The molecule has 0 saturated carbocycles. The number of amides is 2. The zero-order chi connectivity index (χ0) is 25.7. The molecular formula is C29H30F2N2O3. The summed E-state index contributed by atoms with van der Waals surface area (Å²) >= 11 is 0. The maximum atomic E-state index is 14.1. The first-order valence-corrected chi connectivity index (χ1v) is 12.3. The van der Waals surface area contributed by atoms with Gasteiger partial charge >= 0.3 is 0 Å². The van der Waals surface area contributed by atoms with Crippen LogP contribution in [0.15, 0.2) is 66.7 Å². The van der Waals surface area contributed by atoms with Crippen LogP contribution in [0.3, 0.4) is 0 Å². The van der Waals surface area contributed by atoms with Gasteiger partial charge in [-0.3, -0.25) is 9.59 Å². The molecule has 3 aromatic carbocycles. The minimum absolute atomic E-state index is 0.00663. The number of carbonyl (C=O) groups excluding carboxylic acids is 2. The van der Waals surface area contributed by atoms with Crippen molar-refractivity contribution in [2.75, 3.05) is 6.54 Å². The van der Waals surface area contributed by atoms with Gasteiger partial charge in [-0.1, -0.05) is 44.2 Å². The molecule has 0 aromatic heterocycles. The molecule has 1 N–H and O–H groups in total. The van der Waals surface area contributed by atoms with Crippen molar-refractivity contribution < 1.29 is 23.1 Å². The maximum absolute atomic E-state index is 14.1. The van der Waals surface area contributed by atoms with Crippen molar-refractivity contribution >= 4 is 11.8 Å². The van der Waals surface area contributed by atoms with Crippen LogP contribution in [0.1, 0.15) is 55.0 Å². The number of hydrogen-bond donors (Lipinski definition) is 1. The summed E-state index contributed by atoms with van der Waals surface area (Å²) in [7, 11) is 0. The van der Waals surface area contributed by atoms with Gasteiger partial charge < -0.3 is 15.0 Å². The van der Waals surface area contributed by atoms with Crippen molar-refractivity contribution in [2.45, 2.75) is 51.8 Å². The lowest BCUT2D eigenvalue weighted by Gasteiger charge is -2.38. The fourth-order valence-corrected chi connectivity index (χ4v) is 4.57. The highest BCUT2D eigenvalue weighted by molar-refractivity contribution is 5.81. The van der Waals surface area contributed by atoms with Crippen molar-refractivity contribution in [2.24, 2.45) is 0 Å². The molecule has 2 atom stereocenters. The molecule has 5 nitrogen and oxygen atoms in total. The summed E-state index contributed by atoms with van der Waals surface area (Å²) in [5, 5.41) is 2.84. The van der Waals surface area contributed by atoms with E-state index < -0.39 is 12.1 Å². The SMILES string of the molecule is CCC(=O)N1CCc2ccc(O[C@H](CC)C(=O)NCc3ccc(F)cc3)cc2[C@H]1c1cccc(F)c1. The zero-order valence-electron chi connectivity index (χ0n) is 20.5. The van der Waals surface area contributed by atoms with E-state index >= 15 is 0 Å². The van der Waals surface area contributed by atoms with E-state index in [1.54, 1.807) is 23.1 Å². The first-order chi connectivity index (χ1) is 17.4. The van der Waals surface area contributed by atoms with Crippen LogP contribution in [-0.4, -0.2) is 29.4 Å². The molecular weight excluding hydrogens is 462 g/mol. The highest BCUT2D eigenvalue weighted by Crippen LogP contribution is 2.38. The van der Waals surface area contributed by atoms with Crippen LogP contribution < -0.4 is 10.1 Å². The van der Waals surface area contributed by atoms with Crippen LogP contribution in [0.4, 0.5) is 8.78 Å². The molecule has 188 valence electrons. The van der Waals surface area contributed by atoms with E-state index in [0.29, 0.717) is 37.1 Å². The third-order valence-electron chi connectivity index (χ3n) is 6.45. The predicted molar refractivity (Wildman–Crippen MR) is 133 cm³/mol. The molecule has 0 unspecified atom stereocenters. The number of ether oxygens (including phenoxy) is 1. The minimum atomic E-state index is -0.729. The first-order valence-electron chi connectivity index (χ1n) is 12.3. The number of rotatable bonds is 8. The zero-order valence-corrected chi connectivity index (χ0v) is 20.5. The van der Waals surface area contributed by atoms with Gasteiger partial charge in [0.15, 0.2) is 6.10 Å². The van der Waals surface area contributed by atoms with Crippen molar-refractivity contribution in [3.63, 3.8) is 0 Å². The van der Waals surface area contributed by atoms with Gasteiger partial charge in [-0.2, -0.15) is 0 Å². The van der Waals surface area contributed by atoms with E-state index in [4.69, 9.17) is 4.74 Å². The van der Waals surface area contributed by atoms with Crippen LogP contribution in [0, 0.1) is 11.6 Å². The fraction of sp³-hybridized carbons (Fsp3) is 0.310. The van der Waals surface area contributed by atoms with Crippen LogP contribution >= 0.6 is 0 Å². The molecule has 4 rings (SSSR count). The lowest BCUT2D eigenvalue weighted by atomic mass is 9.87. The molecule has 0 fully saturated rings. The standard InChI is InChI=1S/C29H30F2N2O3/c1-3-26(29(35)32-18-19-8-11-22(30)12-9-19)36-24-13-10-20-14-15-33(27(34)4-2)28(25(20)17-24)21-6-5-7-23(31)16-21/h5-13,16-17,26,28H,3-4,14-15,18H2,1-2H3,(H,32,35)/t26-,28-/m1/s1. The number of fused-ring (bicyclic) bond motifs is 1. The van der Waals surface area contributed by atoms with Gasteiger partial charge in [-0.25, -0.2) is 8.78 Å². The molecule has 3 aromatic rings. The molecule has 1 aliphatic rings. The average Bonchev–Trinajstić information content (AvgIpc) is 2.90. The lowest BCUT2D eigenvalue weighted by Crippen LogP contribution is -2.40. The average molecular weight is 493 g/mol. The topological polar surface area (TPSA) is 58.6 Å². The molecule has 0 bridgehead atoms. The summed E-state index contributed by atoms with van der Waals surface area (Å²) in [5.74, 6) is -0.468. The summed E-state index contributed by atoms with van der Waals surface area (Å²) in [4.78, 5) is 27.4. The maximum Gasteiger partial charge on any atom is 0.261 e. The molecule has 0 spiro atoms.